The molecule has 1 amide bonds. The number of allylic oxidation sites excluding steroid dienone is 5. The molecule has 0 heterocycles. The Labute approximate surface area is 404 Å². The van der Waals surface area contributed by atoms with E-state index in [4.69, 9.17) is 4.74 Å². The fraction of sp³-hybridized carbons (Fsp3) is 0.864. The number of carbonyl (C=O) groups is 2. The molecular formula is C59H111NO5. The molecule has 6 nitrogen and oxygen atoms in total. The summed E-state index contributed by atoms with van der Waals surface area (Å²) in [5.41, 5.74) is 0. The first kappa shape index (κ1) is 63.1. The summed E-state index contributed by atoms with van der Waals surface area (Å²) in [5, 5.41) is 23.0. The SMILES string of the molecule is CCCCCCC/C=C\CCCCCCCC(=O)OCCCCCCCCCCCCCC/C=C\CCCCCCCCCCC(=O)NC(CO)C(O)/C=C/CCCCCCCCCC. The molecule has 0 bridgehead atoms. The molecule has 65 heavy (non-hydrogen) atoms. The summed E-state index contributed by atoms with van der Waals surface area (Å²) >= 11 is 0. The minimum atomic E-state index is -0.845. The summed E-state index contributed by atoms with van der Waals surface area (Å²) in [6.45, 7) is 4.87. The predicted molar refractivity (Wildman–Crippen MR) is 283 cm³/mol. The van der Waals surface area contributed by atoms with Crippen LogP contribution in [0.5, 0.6) is 0 Å². The predicted octanol–water partition coefficient (Wildman–Crippen LogP) is 17.6. The summed E-state index contributed by atoms with van der Waals surface area (Å²) in [4.78, 5) is 24.4. The van der Waals surface area contributed by atoms with E-state index < -0.39 is 12.1 Å². The maximum atomic E-state index is 12.4. The van der Waals surface area contributed by atoms with Gasteiger partial charge in [-0.15, -0.1) is 0 Å². The number of hydrogen-bond acceptors (Lipinski definition) is 5. The number of carbonyl (C=O) groups excluding carboxylic acids is 2. The molecule has 0 saturated carbocycles. The summed E-state index contributed by atoms with van der Waals surface area (Å²) in [6.07, 6.45) is 67.5. The summed E-state index contributed by atoms with van der Waals surface area (Å²) < 4.78 is 5.47. The topological polar surface area (TPSA) is 95.9 Å². The van der Waals surface area contributed by atoms with Crippen molar-refractivity contribution in [3.8, 4) is 0 Å². The van der Waals surface area contributed by atoms with Gasteiger partial charge in [-0.25, -0.2) is 0 Å². The summed E-state index contributed by atoms with van der Waals surface area (Å²) in [6, 6.07) is -0.629. The van der Waals surface area contributed by atoms with Crippen LogP contribution in [-0.4, -0.2) is 47.4 Å². The van der Waals surface area contributed by atoms with Gasteiger partial charge in [0.15, 0.2) is 0 Å². The molecule has 6 heteroatoms. The molecule has 0 saturated heterocycles. The van der Waals surface area contributed by atoms with E-state index in [0.717, 1.165) is 44.9 Å². The van der Waals surface area contributed by atoms with Crippen LogP contribution >= 0.6 is 0 Å². The van der Waals surface area contributed by atoms with Crippen LogP contribution in [0.15, 0.2) is 36.5 Å². The van der Waals surface area contributed by atoms with Crippen molar-refractivity contribution >= 4 is 11.9 Å². The Bertz CT molecular complexity index is 1060. The molecule has 0 aliphatic carbocycles. The molecule has 0 aliphatic rings. The van der Waals surface area contributed by atoms with Crippen molar-refractivity contribution in [1.82, 2.24) is 5.32 Å². The first-order valence-corrected chi connectivity index (χ1v) is 28.8. The zero-order valence-corrected chi connectivity index (χ0v) is 43.5. The van der Waals surface area contributed by atoms with Crippen LogP contribution in [-0.2, 0) is 14.3 Å². The van der Waals surface area contributed by atoms with Crippen molar-refractivity contribution in [3.63, 3.8) is 0 Å². The van der Waals surface area contributed by atoms with Gasteiger partial charge in [0, 0.05) is 12.8 Å². The van der Waals surface area contributed by atoms with Crippen molar-refractivity contribution in [2.75, 3.05) is 13.2 Å². The van der Waals surface area contributed by atoms with Crippen LogP contribution in [0, 0.1) is 0 Å². The van der Waals surface area contributed by atoms with Crippen LogP contribution < -0.4 is 5.32 Å². The number of aliphatic hydroxyl groups is 2. The van der Waals surface area contributed by atoms with Crippen molar-refractivity contribution in [3.05, 3.63) is 36.5 Å². The van der Waals surface area contributed by atoms with Crippen LogP contribution in [0.25, 0.3) is 0 Å². The van der Waals surface area contributed by atoms with Crippen LogP contribution in [0.4, 0.5) is 0 Å². The minimum Gasteiger partial charge on any atom is -0.466 e. The molecule has 2 unspecified atom stereocenters. The van der Waals surface area contributed by atoms with E-state index in [1.54, 1.807) is 6.08 Å². The Kier molecular flexibility index (Phi) is 53.1. The Hall–Kier alpha value is -1.92. The largest absolute Gasteiger partial charge is 0.466 e. The molecule has 0 aromatic heterocycles. The molecule has 0 spiro atoms. The van der Waals surface area contributed by atoms with Gasteiger partial charge in [-0.2, -0.15) is 0 Å². The monoisotopic (exact) mass is 914 g/mol. The molecule has 0 aliphatic heterocycles. The highest BCUT2D eigenvalue weighted by molar-refractivity contribution is 5.76. The lowest BCUT2D eigenvalue weighted by Crippen LogP contribution is -2.45. The van der Waals surface area contributed by atoms with Crippen molar-refractivity contribution < 1.29 is 24.5 Å². The Balaban J connectivity index is 3.40. The average Bonchev–Trinajstić information content (AvgIpc) is 3.31. The second-order valence-electron chi connectivity index (χ2n) is 19.6. The second kappa shape index (κ2) is 54.7. The van der Waals surface area contributed by atoms with Gasteiger partial charge >= 0.3 is 5.97 Å². The number of aliphatic hydroxyl groups excluding tert-OH is 2. The van der Waals surface area contributed by atoms with Gasteiger partial charge in [-0.05, 0) is 83.5 Å². The molecule has 0 fully saturated rings. The smallest absolute Gasteiger partial charge is 0.305 e. The van der Waals surface area contributed by atoms with Gasteiger partial charge < -0.3 is 20.3 Å². The van der Waals surface area contributed by atoms with Crippen molar-refractivity contribution in [2.45, 2.75) is 315 Å². The lowest BCUT2D eigenvalue weighted by atomic mass is 10.0. The molecular weight excluding hydrogens is 803 g/mol. The third kappa shape index (κ3) is 51.3. The normalized spacial score (nSPS) is 12.9. The minimum absolute atomic E-state index is 0.00302. The first-order chi connectivity index (χ1) is 32.0. The van der Waals surface area contributed by atoms with Gasteiger partial charge in [0.1, 0.15) is 0 Å². The Morgan fingerprint density at radius 1 is 0.415 bits per heavy atom. The van der Waals surface area contributed by atoms with E-state index in [1.165, 1.54) is 231 Å². The quantitative estimate of drug-likeness (QED) is 0.0321. The van der Waals surface area contributed by atoms with Gasteiger partial charge in [-0.3, -0.25) is 9.59 Å². The van der Waals surface area contributed by atoms with E-state index in [2.05, 4.69) is 43.5 Å². The van der Waals surface area contributed by atoms with E-state index in [9.17, 15) is 19.8 Å². The fourth-order valence-electron chi connectivity index (χ4n) is 8.68. The molecule has 3 N–H and O–H groups in total. The van der Waals surface area contributed by atoms with E-state index in [-0.39, 0.29) is 18.5 Å². The number of esters is 1. The van der Waals surface area contributed by atoms with Gasteiger partial charge in [0.25, 0.3) is 0 Å². The molecule has 2 atom stereocenters. The maximum Gasteiger partial charge on any atom is 0.305 e. The van der Waals surface area contributed by atoms with E-state index in [1.807, 2.05) is 6.08 Å². The first-order valence-electron chi connectivity index (χ1n) is 28.8. The third-order valence-electron chi connectivity index (χ3n) is 13.1. The number of rotatable bonds is 53. The van der Waals surface area contributed by atoms with Crippen molar-refractivity contribution in [1.29, 1.82) is 0 Å². The van der Waals surface area contributed by atoms with Crippen molar-refractivity contribution in [2.24, 2.45) is 0 Å². The summed E-state index contributed by atoms with van der Waals surface area (Å²) in [5.74, 6) is -0.0716. The van der Waals surface area contributed by atoms with Gasteiger partial charge in [0.05, 0.1) is 25.4 Å². The molecule has 0 rings (SSSR count). The number of unbranched alkanes of at least 4 members (excludes halogenated alkanes) is 38. The summed E-state index contributed by atoms with van der Waals surface area (Å²) in [7, 11) is 0. The number of hydrogen-bond donors (Lipinski definition) is 3. The standard InChI is InChI=1S/C59H111NO5/c1-3-5-7-9-11-13-15-16-30-33-37-41-45-49-53-59(64)65-54-50-46-42-38-34-31-28-26-24-22-20-18-17-19-21-23-25-27-29-32-36-40-44-48-52-58(63)60-56(55-61)57(62)51-47-43-39-35-14-12-10-8-6-4-2/h15-16,19,21,47,51,56-57,61-62H,3-14,17-18,20,22-46,48-50,52-55H2,1-2H3,(H,60,63)/b16-15-,21-19-,51-47+. The van der Waals surface area contributed by atoms with Gasteiger partial charge in [-0.1, -0.05) is 243 Å². The Morgan fingerprint density at radius 3 is 1.09 bits per heavy atom. The van der Waals surface area contributed by atoms with Crippen LogP contribution in [0.3, 0.4) is 0 Å². The van der Waals surface area contributed by atoms with E-state index >= 15 is 0 Å². The highest BCUT2D eigenvalue weighted by Gasteiger charge is 2.18. The molecule has 382 valence electrons. The fourth-order valence-corrected chi connectivity index (χ4v) is 8.68. The number of amides is 1. The number of nitrogens with one attached hydrogen (secondary N) is 1. The zero-order valence-electron chi connectivity index (χ0n) is 43.5. The molecule has 0 radical (unpaired) electrons. The second-order valence-corrected chi connectivity index (χ2v) is 19.6. The van der Waals surface area contributed by atoms with Gasteiger partial charge in [0.2, 0.25) is 5.91 Å². The molecule has 0 aromatic carbocycles. The Morgan fingerprint density at radius 2 is 0.723 bits per heavy atom. The lowest BCUT2D eigenvalue weighted by Gasteiger charge is -2.20. The molecule has 0 aromatic rings. The maximum absolute atomic E-state index is 12.4. The highest BCUT2D eigenvalue weighted by Crippen LogP contribution is 2.16. The zero-order chi connectivity index (χ0) is 47.2. The average molecular weight is 915 g/mol. The van der Waals surface area contributed by atoms with E-state index in [0.29, 0.717) is 19.4 Å². The third-order valence-corrected chi connectivity index (χ3v) is 13.1. The van der Waals surface area contributed by atoms with Crippen LogP contribution in [0.2, 0.25) is 0 Å². The van der Waals surface area contributed by atoms with Crippen LogP contribution in [0.1, 0.15) is 303 Å². The lowest BCUT2D eigenvalue weighted by molar-refractivity contribution is -0.143. The number of ether oxygens (including phenoxy) is 1. The highest BCUT2D eigenvalue weighted by atomic mass is 16.5.